The van der Waals surface area contributed by atoms with E-state index < -0.39 is 5.25 Å². The quantitative estimate of drug-likeness (QED) is 0.642. The highest BCUT2D eigenvalue weighted by Crippen LogP contribution is 2.35. The van der Waals surface area contributed by atoms with E-state index in [1.807, 2.05) is 42.5 Å². The van der Waals surface area contributed by atoms with E-state index in [0.717, 1.165) is 29.9 Å². The zero-order chi connectivity index (χ0) is 18.5. The number of primary amides is 1. The number of carbonyl (C=O) groups is 1. The Hall–Kier alpha value is -2.60. The van der Waals surface area contributed by atoms with E-state index in [1.54, 1.807) is 0 Å². The van der Waals surface area contributed by atoms with Crippen molar-refractivity contribution >= 4 is 17.7 Å². The summed E-state index contributed by atoms with van der Waals surface area (Å²) in [4.78, 5) is 12.0. The maximum Gasteiger partial charge on any atom is 0.235 e. The van der Waals surface area contributed by atoms with E-state index in [1.165, 1.54) is 17.3 Å². The predicted octanol–water partition coefficient (Wildman–Crippen LogP) is 3.98. The lowest BCUT2D eigenvalue weighted by Crippen LogP contribution is -2.19. The molecular formula is C20H22N4OS. The molecule has 2 aromatic carbocycles. The molecule has 2 N–H and O–H groups in total. The molecule has 1 unspecified atom stereocenters. The molecule has 1 heterocycles. The maximum atomic E-state index is 12.0. The van der Waals surface area contributed by atoms with Gasteiger partial charge in [0.2, 0.25) is 5.91 Å². The molecule has 1 aromatic heterocycles. The summed E-state index contributed by atoms with van der Waals surface area (Å²) in [6.07, 6.45) is 0.941. The second-order valence-electron chi connectivity index (χ2n) is 6.14. The van der Waals surface area contributed by atoms with Crippen LogP contribution in [0.1, 0.15) is 29.7 Å². The average molecular weight is 366 g/mol. The minimum absolute atomic E-state index is 0.385. The zero-order valence-electron chi connectivity index (χ0n) is 14.9. The van der Waals surface area contributed by atoms with E-state index in [9.17, 15) is 4.79 Å². The first-order valence-corrected chi connectivity index (χ1v) is 9.49. The number of benzene rings is 2. The number of nitrogens with zero attached hydrogens (tertiary/aromatic N) is 3. The summed E-state index contributed by atoms with van der Waals surface area (Å²) < 4.78 is 2.07. The highest BCUT2D eigenvalue weighted by molar-refractivity contribution is 8.00. The maximum absolute atomic E-state index is 12.0. The largest absolute Gasteiger partial charge is 0.368 e. The molecule has 1 atom stereocenters. The second kappa shape index (κ2) is 8.19. The van der Waals surface area contributed by atoms with Crippen molar-refractivity contribution in [1.82, 2.24) is 14.8 Å². The Labute approximate surface area is 157 Å². The van der Waals surface area contributed by atoms with Gasteiger partial charge < -0.3 is 10.3 Å². The lowest BCUT2D eigenvalue weighted by molar-refractivity contribution is -0.117. The average Bonchev–Trinajstić information content (AvgIpc) is 3.03. The SMILES string of the molecule is CCCn1c(SC(C(N)=O)c2ccccc2)nnc1-c1cccc(C)c1. The molecule has 1 amide bonds. The van der Waals surface area contributed by atoms with Gasteiger partial charge in [-0.3, -0.25) is 4.79 Å². The summed E-state index contributed by atoms with van der Waals surface area (Å²) in [5.41, 5.74) is 8.72. The number of amides is 1. The van der Waals surface area contributed by atoms with Gasteiger partial charge in [-0.25, -0.2) is 0 Å². The first-order chi connectivity index (χ1) is 12.6. The number of aromatic nitrogens is 3. The number of nitrogens with two attached hydrogens (primary N) is 1. The molecule has 0 bridgehead atoms. The Morgan fingerprint density at radius 3 is 2.58 bits per heavy atom. The fourth-order valence-electron chi connectivity index (χ4n) is 2.82. The number of hydrogen-bond acceptors (Lipinski definition) is 4. The summed E-state index contributed by atoms with van der Waals surface area (Å²) in [6.45, 7) is 4.94. The van der Waals surface area contributed by atoms with Gasteiger partial charge in [-0.2, -0.15) is 0 Å². The third-order valence-corrected chi connectivity index (χ3v) is 5.28. The molecule has 3 aromatic rings. The highest BCUT2D eigenvalue weighted by Gasteiger charge is 2.23. The Morgan fingerprint density at radius 1 is 1.15 bits per heavy atom. The topological polar surface area (TPSA) is 73.8 Å². The third kappa shape index (κ3) is 3.96. The van der Waals surface area contributed by atoms with Crippen molar-refractivity contribution in [3.05, 3.63) is 65.7 Å². The first kappa shape index (κ1) is 18.2. The van der Waals surface area contributed by atoms with Crippen molar-refractivity contribution in [2.45, 2.75) is 37.2 Å². The van der Waals surface area contributed by atoms with Crippen molar-refractivity contribution < 1.29 is 4.79 Å². The van der Waals surface area contributed by atoms with Crippen molar-refractivity contribution in [1.29, 1.82) is 0 Å². The fraction of sp³-hybridized carbons (Fsp3) is 0.250. The van der Waals surface area contributed by atoms with Crippen LogP contribution in [0.4, 0.5) is 0 Å². The van der Waals surface area contributed by atoms with Crippen LogP contribution in [-0.2, 0) is 11.3 Å². The minimum atomic E-state index is -0.499. The number of thioether (sulfide) groups is 1. The lowest BCUT2D eigenvalue weighted by atomic mass is 10.1. The predicted molar refractivity (Wildman–Crippen MR) is 105 cm³/mol. The number of carbonyl (C=O) groups excluding carboxylic acids is 1. The van der Waals surface area contributed by atoms with Gasteiger partial charge in [0.1, 0.15) is 5.25 Å². The van der Waals surface area contributed by atoms with Crippen LogP contribution in [0.2, 0.25) is 0 Å². The first-order valence-electron chi connectivity index (χ1n) is 8.61. The van der Waals surface area contributed by atoms with E-state index in [-0.39, 0.29) is 5.91 Å². The monoisotopic (exact) mass is 366 g/mol. The summed E-state index contributed by atoms with van der Waals surface area (Å²) in [5, 5.41) is 8.95. The lowest BCUT2D eigenvalue weighted by Gasteiger charge is -2.14. The van der Waals surface area contributed by atoms with Crippen LogP contribution in [0.3, 0.4) is 0 Å². The number of hydrogen-bond donors (Lipinski definition) is 1. The third-order valence-electron chi connectivity index (χ3n) is 4.02. The molecule has 0 spiro atoms. The fourth-order valence-corrected chi connectivity index (χ4v) is 3.84. The van der Waals surface area contributed by atoms with Gasteiger partial charge in [0, 0.05) is 12.1 Å². The van der Waals surface area contributed by atoms with Crippen molar-refractivity contribution in [3.8, 4) is 11.4 Å². The van der Waals surface area contributed by atoms with Gasteiger partial charge in [0.15, 0.2) is 11.0 Å². The Balaban J connectivity index is 1.98. The molecular weight excluding hydrogens is 344 g/mol. The molecule has 0 aliphatic heterocycles. The van der Waals surface area contributed by atoms with Gasteiger partial charge >= 0.3 is 0 Å². The van der Waals surface area contributed by atoms with Crippen molar-refractivity contribution in [2.24, 2.45) is 5.73 Å². The molecule has 0 aliphatic rings. The van der Waals surface area contributed by atoms with Gasteiger partial charge in [-0.15, -0.1) is 10.2 Å². The summed E-state index contributed by atoms with van der Waals surface area (Å²) in [7, 11) is 0. The van der Waals surface area contributed by atoms with Crippen LogP contribution in [-0.4, -0.2) is 20.7 Å². The van der Waals surface area contributed by atoms with Crippen LogP contribution in [0.5, 0.6) is 0 Å². The van der Waals surface area contributed by atoms with E-state index in [4.69, 9.17) is 5.73 Å². The Morgan fingerprint density at radius 2 is 1.92 bits per heavy atom. The molecule has 3 rings (SSSR count). The van der Waals surface area contributed by atoms with Crippen molar-refractivity contribution in [3.63, 3.8) is 0 Å². The van der Waals surface area contributed by atoms with Crippen LogP contribution >= 0.6 is 11.8 Å². The number of aryl methyl sites for hydroxylation is 1. The van der Waals surface area contributed by atoms with Gasteiger partial charge in [0.25, 0.3) is 0 Å². The van der Waals surface area contributed by atoms with E-state index in [0.29, 0.717) is 5.16 Å². The Bertz CT molecular complexity index is 892. The summed E-state index contributed by atoms with van der Waals surface area (Å²) in [5.74, 6) is 0.429. The van der Waals surface area contributed by atoms with Crippen molar-refractivity contribution in [2.75, 3.05) is 0 Å². The van der Waals surface area contributed by atoms with Gasteiger partial charge in [-0.1, -0.05) is 72.8 Å². The molecule has 0 fully saturated rings. The standard InChI is InChI=1S/C20H22N4OS/c1-3-12-24-19(16-11-7-8-14(2)13-16)22-23-20(24)26-17(18(21)25)15-9-5-4-6-10-15/h4-11,13,17H,3,12H2,1-2H3,(H2,21,25). The second-order valence-corrected chi connectivity index (χ2v) is 7.21. The van der Waals surface area contributed by atoms with Crippen LogP contribution in [0, 0.1) is 6.92 Å². The number of rotatable bonds is 7. The molecule has 26 heavy (non-hydrogen) atoms. The summed E-state index contributed by atoms with van der Waals surface area (Å²) in [6, 6.07) is 17.7. The van der Waals surface area contributed by atoms with Crippen LogP contribution < -0.4 is 5.73 Å². The molecule has 0 saturated carbocycles. The zero-order valence-corrected chi connectivity index (χ0v) is 15.7. The molecule has 6 heteroatoms. The Kier molecular flexibility index (Phi) is 5.73. The molecule has 5 nitrogen and oxygen atoms in total. The molecule has 134 valence electrons. The van der Waals surface area contributed by atoms with Gasteiger partial charge in [0.05, 0.1) is 0 Å². The summed E-state index contributed by atoms with van der Waals surface area (Å²) >= 11 is 1.35. The van der Waals surface area contributed by atoms with E-state index >= 15 is 0 Å². The van der Waals surface area contributed by atoms with Crippen LogP contribution in [0.15, 0.2) is 59.8 Å². The molecule has 0 saturated heterocycles. The highest BCUT2D eigenvalue weighted by atomic mass is 32.2. The van der Waals surface area contributed by atoms with E-state index in [2.05, 4.69) is 40.7 Å². The molecule has 0 aliphatic carbocycles. The minimum Gasteiger partial charge on any atom is -0.368 e. The van der Waals surface area contributed by atoms with Gasteiger partial charge in [-0.05, 0) is 25.0 Å². The molecule has 0 radical (unpaired) electrons. The smallest absolute Gasteiger partial charge is 0.235 e. The normalized spacial score (nSPS) is 12.1. The van der Waals surface area contributed by atoms with Crippen LogP contribution in [0.25, 0.3) is 11.4 Å².